The lowest BCUT2D eigenvalue weighted by molar-refractivity contribution is -0.127. The first-order valence-corrected chi connectivity index (χ1v) is 11.0. The summed E-state index contributed by atoms with van der Waals surface area (Å²) in [5.74, 6) is -0.162. The first kappa shape index (κ1) is 23.9. The van der Waals surface area contributed by atoms with Crippen LogP contribution in [0.3, 0.4) is 0 Å². The van der Waals surface area contributed by atoms with Crippen molar-refractivity contribution >= 4 is 40.6 Å². The summed E-state index contributed by atoms with van der Waals surface area (Å²) >= 11 is 0.771. The van der Waals surface area contributed by atoms with Crippen molar-refractivity contribution in [1.82, 2.24) is 4.90 Å². The zero-order valence-corrected chi connectivity index (χ0v) is 19.3. The van der Waals surface area contributed by atoms with Gasteiger partial charge in [-0.05, 0) is 79.6 Å². The molecule has 0 radical (unpaired) electrons. The minimum absolute atomic E-state index is 0.123. The Bertz CT molecular complexity index is 1150. The Morgan fingerprint density at radius 3 is 2.52 bits per heavy atom. The molecule has 0 bridgehead atoms. The predicted molar refractivity (Wildman–Crippen MR) is 126 cm³/mol. The second-order valence-electron chi connectivity index (χ2n) is 7.28. The van der Waals surface area contributed by atoms with E-state index in [9.17, 15) is 14.4 Å². The molecule has 3 amide bonds. The molecule has 170 valence electrons. The maximum atomic E-state index is 12.8. The van der Waals surface area contributed by atoms with Gasteiger partial charge in [0.1, 0.15) is 12.6 Å². The fourth-order valence-electron chi connectivity index (χ4n) is 3.29. The topological polar surface area (TPSA) is 109 Å². The number of ether oxygens (including phenoxy) is 2. The molecule has 1 heterocycles. The van der Waals surface area contributed by atoms with Crippen LogP contribution in [-0.4, -0.2) is 41.7 Å². The summed E-state index contributed by atoms with van der Waals surface area (Å²) < 4.78 is 10.9. The number of nitrogens with zero attached hydrogens (tertiary/aromatic N) is 2. The van der Waals surface area contributed by atoms with E-state index >= 15 is 0 Å². The number of thioether (sulfide) groups is 1. The van der Waals surface area contributed by atoms with E-state index in [1.807, 2.05) is 45.0 Å². The second kappa shape index (κ2) is 10.7. The van der Waals surface area contributed by atoms with Crippen LogP contribution in [-0.2, 0) is 9.59 Å². The van der Waals surface area contributed by atoms with Crippen LogP contribution in [0.25, 0.3) is 6.08 Å². The van der Waals surface area contributed by atoms with Crippen molar-refractivity contribution in [3.8, 4) is 17.6 Å². The summed E-state index contributed by atoms with van der Waals surface area (Å²) in [6, 6.07) is 12.5. The first-order valence-electron chi connectivity index (χ1n) is 10.2. The van der Waals surface area contributed by atoms with Crippen molar-refractivity contribution in [2.24, 2.45) is 0 Å². The van der Waals surface area contributed by atoms with E-state index in [1.54, 1.807) is 24.3 Å². The van der Waals surface area contributed by atoms with Crippen molar-refractivity contribution < 1.29 is 23.9 Å². The molecule has 1 aliphatic heterocycles. The lowest BCUT2D eigenvalue weighted by Crippen LogP contribution is -2.36. The summed E-state index contributed by atoms with van der Waals surface area (Å²) in [5, 5.41) is 10.9. The van der Waals surface area contributed by atoms with Crippen LogP contribution < -0.4 is 14.8 Å². The van der Waals surface area contributed by atoms with Crippen molar-refractivity contribution in [3.63, 3.8) is 0 Å². The van der Waals surface area contributed by atoms with Crippen molar-refractivity contribution in [1.29, 1.82) is 5.26 Å². The highest BCUT2D eigenvalue weighted by molar-refractivity contribution is 8.18. The zero-order chi connectivity index (χ0) is 24.0. The van der Waals surface area contributed by atoms with Gasteiger partial charge in [-0.2, -0.15) is 5.26 Å². The highest BCUT2D eigenvalue weighted by Crippen LogP contribution is 2.34. The monoisotopic (exact) mass is 465 g/mol. The van der Waals surface area contributed by atoms with Gasteiger partial charge >= 0.3 is 0 Å². The molecular weight excluding hydrogens is 442 g/mol. The highest BCUT2D eigenvalue weighted by Gasteiger charge is 2.36. The molecule has 2 aromatic carbocycles. The number of carbonyl (C=O) groups excluding carboxylic acids is 3. The number of nitrogens with one attached hydrogen (secondary N) is 1. The van der Waals surface area contributed by atoms with E-state index in [-0.39, 0.29) is 18.1 Å². The van der Waals surface area contributed by atoms with Gasteiger partial charge in [-0.1, -0.05) is 12.1 Å². The molecule has 9 heteroatoms. The molecule has 0 unspecified atom stereocenters. The number of amides is 3. The summed E-state index contributed by atoms with van der Waals surface area (Å²) in [5.41, 5.74) is 3.22. The normalized spacial score (nSPS) is 14.4. The van der Waals surface area contributed by atoms with Gasteiger partial charge in [0, 0.05) is 5.69 Å². The third-order valence-electron chi connectivity index (χ3n) is 4.54. The van der Waals surface area contributed by atoms with E-state index in [0.717, 1.165) is 27.8 Å². The van der Waals surface area contributed by atoms with Gasteiger partial charge in [-0.3, -0.25) is 19.3 Å². The Morgan fingerprint density at radius 2 is 1.85 bits per heavy atom. The fraction of sp³-hybridized carbons (Fsp3) is 0.250. The molecule has 3 rings (SSSR count). The fourth-order valence-corrected chi connectivity index (χ4v) is 4.13. The SMILES string of the molecule is CCOc1cc(/C=C2\SC(=O)N(CC(=O)Nc3cc(C)cc(C)c3)C2=O)ccc1OCC#N. The summed E-state index contributed by atoms with van der Waals surface area (Å²) in [7, 11) is 0. The van der Waals surface area contributed by atoms with E-state index in [2.05, 4.69) is 5.32 Å². The maximum Gasteiger partial charge on any atom is 0.294 e. The molecule has 0 aliphatic carbocycles. The molecule has 1 N–H and O–H groups in total. The molecule has 1 fully saturated rings. The lowest BCUT2D eigenvalue weighted by Gasteiger charge is -2.13. The zero-order valence-electron chi connectivity index (χ0n) is 18.5. The smallest absolute Gasteiger partial charge is 0.294 e. The molecule has 0 aromatic heterocycles. The number of rotatable bonds is 8. The molecule has 0 saturated carbocycles. The Hall–Kier alpha value is -3.77. The van der Waals surface area contributed by atoms with Crippen LogP contribution >= 0.6 is 11.8 Å². The Morgan fingerprint density at radius 1 is 1.12 bits per heavy atom. The van der Waals surface area contributed by atoms with Gasteiger partial charge in [0.15, 0.2) is 18.1 Å². The van der Waals surface area contributed by atoms with E-state index < -0.39 is 17.1 Å². The molecule has 1 aliphatic rings. The van der Waals surface area contributed by atoms with Crippen molar-refractivity contribution in [2.45, 2.75) is 20.8 Å². The van der Waals surface area contributed by atoms with Gasteiger partial charge in [-0.25, -0.2) is 0 Å². The third kappa shape index (κ3) is 6.14. The number of aryl methyl sites for hydroxylation is 2. The highest BCUT2D eigenvalue weighted by atomic mass is 32.2. The van der Waals surface area contributed by atoms with E-state index in [0.29, 0.717) is 29.4 Å². The Balaban J connectivity index is 1.73. The number of hydrogen-bond acceptors (Lipinski definition) is 7. The van der Waals surface area contributed by atoms with Crippen LogP contribution in [0.15, 0.2) is 41.3 Å². The summed E-state index contributed by atoms with van der Waals surface area (Å²) in [6.45, 7) is 5.54. The Kier molecular flexibility index (Phi) is 7.74. The number of hydrogen-bond donors (Lipinski definition) is 1. The largest absolute Gasteiger partial charge is 0.490 e. The average molecular weight is 466 g/mol. The second-order valence-corrected chi connectivity index (χ2v) is 8.27. The molecule has 0 atom stereocenters. The van der Waals surface area contributed by atoms with Crippen LogP contribution in [0.5, 0.6) is 11.5 Å². The van der Waals surface area contributed by atoms with Crippen LogP contribution in [0.4, 0.5) is 10.5 Å². The van der Waals surface area contributed by atoms with Crippen LogP contribution in [0, 0.1) is 25.2 Å². The van der Waals surface area contributed by atoms with Crippen LogP contribution in [0.2, 0.25) is 0 Å². The molecular formula is C24H23N3O5S. The van der Waals surface area contributed by atoms with E-state index in [4.69, 9.17) is 14.7 Å². The average Bonchev–Trinajstić information content (AvgIpc) is 3.00. The summed E-state index contributed by atoms with van der Waals surface area (Å²) in [4.78, 5) is 38.7. The van der Waals surface area contributed by atoms with Gasteiger partial charge in [0.2, 0.25) is 5.91 Å². The summed E-state index contributed by atoms with van der Waals surface area (Å²) in [6.07, 6.45) is 1.56. The van der Waals surface area contributed by atoms with Crippen LogP contribution in [0.1, 0.15) is 23.6 Å². The number of anilines is 1. The van der Waals surface area contributed by atoms with Gasteiger partial charge in [-0.15, -0.1) is 0 Å². The number of carbonyl (C=O) groups is 3. The molecule has 33 heavy (non-hydrogen) atoms. The van der Waals surface area contributed by atoms with Crippen molar-refractivity contribution in [2.75, 3.05) is 25.1 Å². The number of nitriles is 1. The van der Waals surface area contributed by atoms with E-state index in [1.165, 1.54) is 0 Å². The minimum atomic E-state index is -0.539. The Labute approximate surface area is 196 Å². The minimum Gasteiger partial charge on any atom is -0.490 e. The number of imide groups is 1. The quantitative estimate of drug-likeness (QED) is 0.580. The molecule has 2 aromatic rings. The van der Waals surface area contributed by atoms with Gasteiger partial charge in [0.05, 0.1) is 11.5 Å². The third-order valence-corrected chi connectivity index (χ3v) is 5.45. The molecule has 8 nitrogen and oxygen atoms in total. The van der Waals surface area contributed by atoms with Crippen molar-refractivity contribution in [3.05, 3.63) is 58.0 Å². The predicted octanol–water partition coefficient (Wildman–Crippen LogP) is 4.28. The van der Waals surface area contributed by atoms with Gasteiger partial charge < -0.3 is 14.8 Å². The molecule has 1 saturated heterocycles. The van der Waals surface area contributed by atoms with Gasteiger partial charge in [0.25, 0.3) is 11.1 Å². The lowest BCUT2D eigenvalue weighted by atomic mass is 10.1. The number of benzene rings is 2. The first-order chi connectivity index (χ1) is 15.8. The maximum absolute atomic E-state index is 12.8. The standard InChI is InChI=1S/C24H23N3O5S/c1-4-31-20-12-17(5-6-19(20)32-8-7-25)13-21-23(29)27(24(30)33-21)14-22(28)26-18-10-15(2)9-16(3)11-18/h5-6,9-13H,4,8,14H2,1-3H3,(H,26,28)/b21-13-. The molecule has 0 spiro atoms.